The molecule has 4 nitrogen and oxygen atoms in total. The van der Waals surface area contributed by atoms with Gasteiger partial charge in [0, 0.05) is 19.8 Å². The first-order chi connectivity index (χ1) is 7.63. The van der Waals surface area contributed by atoms with Crippen molar-refractivity contribution in [3.05, 3.63) is 23.9 Å². The molecule has 4 heteroatoms. The fourth-order valence-electron chi connectivity index (χ4n) is 1.47. The quantitative estimate of drug-likeness (QED) is 0.780. The number of aliphatic hydroxyl groups excluding tert-OH is 1. The lowest BCUT2D eigenvalue weighted by molar-refractivity contribution is 0.281. The molecule has 1 N–H and O–H groups in total. The van der Waals surface area contributed by atoms with Crippen LogP contribution in [0.2, 0.25) is 0 Å². The molecular formula is C12H21N3O. The standard InChI is InChI=1S/C12H21N3O/c1-14(2)7-4-8-15(3)12-6-5-11(10-16)9-13-12/h5-6,9,16H,4,7-8,10H2,1-3H3. The van der Waals surface area contributed by atoms with Crippen LogP contribution in [0.3, 0.4) is 0 Å². The summed E-state index contributed by atoms with van der Waals surface area (Å²) in [5.74, 6) is 0.955. The Kier molecular flexibility index (Phi) is 5.22. The molecule has 0 radical (unpaired) electrons. The number of rotatable bonds is 6. The molecule has 1 rings (SSSR count). The van der Waals surface area contributed by atoms with Crippen LogP contribution in [0.1, 0.15) is 12.0 Å². The van der Waals surface area contributed by atoms with Crippen molar-refractivity contribution in [2.24, 2.45) is 0 Å². The molecule has 0 aliphatic carbocycles. The third kappa shape index (κ3) is 4.16. The summed E-state index contributed by atoms with van der Waals surface area (Å²) in [7, 11) is 6.19. The lowest BCUT2D eigenvalue weighted by Gasteiger charge is -2.19. The van der Waals surface area contributed by atoms with Crippen molar-refractivity contribution < 1.29 is 5.11 Å². The number of hydrogen-bond acceptors (Lipinski definition) is 4. The van der Waals surface area contributed by atoms with Crippen LogP contribution >= 0.6 is 0 Å². The van der Waals surface area contributed by atoms with Crippen molar-refractivity contribution in [1.82, 2.24) is 9.88 Å². The van der Waals surface area contributed by atoms with Crippen molar-refractivity contribution >= 4 is 5.82 Å². The van der Waals surface area contributed by atoms with E-state index in [0.717, 1.165) is 30.9 Å². The highest BCUT2D eigenvalue weighted by Gasteiger charge is 2.02. The first kappa shape index (κ1) is 12.9. The van der Waals surface area contributed by atoms with Crippen molar-refractivity contribution in [2.75, 3.05) is 39.1 Å². The first-order valence-corrected chi connectivity index (χ1v) is 5.55. The molecule has 0 fully saturated rings. The van der Waals surface area contributed by atoms with Crippen molar-refractivity contribution in [1.29, 1.82) is 0 Å². The Hall–Kier alpha value is -1.13. The van der Waals surface area contributed by atoms with Crippen LogP contribution in [-0.4, -0.2) is 49.2 Å². The summed E-state index contributed by atoms with van der Waals surface area (Å²) in [6, 6.07) is 3.85. The van der Waals surface area contributed by atoms with Crippen LogP contribution < -0.4 is 4.90 Å². The summed E-state index contributed by atoms with van der Waals surface area (Å²) in [4.78, 5) is 8.61. The average Bonchev–Trinajstić information content (AvgIpc) is 2.28. The van der Waals surface area contributed by atoms with Crippen molar-refractivity contribution in [3.8, 4) is 0 Å². The molecule has 90 valence electrons. The number of hydrogen-bond donors (Lipinski definition) is 1. The Labute approximate surface area is 97.5 Å². The molecule has 1 aromatic rings. The predicted molar refractivity (Wildman–Crippen MR) is 66.6 cm³/mol. The van der Waals surface area contributed by atoms with Gasteiger partial charge in [0.15, 0.2) is 0 Å². The molecule has 0 saturated heterocycles. The van der Waals surface area contributed by atoms with Gasteiger partial charge in [0.2, 0.25) is 0 Å². The van der Waals surface area contributed by atoms with Crippen LogP contribution in [0.15, 0.2) is 18.3 Å². The SMILES string of the molecule is CN(C)CCCN(C)c1ccc(CO)cn1. The zero-order valence-corrected chi connectivity index (χ0v) is 10.3. The molecule has 0 aliphatic heterocycles. The monoisotopic (exact) mass is 223 g/mol. The van der Waals surface area contributed by atoms with Gasteiger partial charge in [-0.15, -0.1) is 0 Å². The van der Waals surface area contributed by atoms with Crippen LogP contribution in [0.4, 0.5) is 5.82 Å². The molecule has 1 heterocycles. The van der Waals surface area contributed by atoms with E-state index in [2.05, 4.69) is 28.9 Å². The third-order valence-corrected chi connectivity index (χ3v) is 2.48. The summed E-state index contributed by atoms with van der Waals surface area (Å²) >= 11 is 0. The number of aliphatic hydroxyl groups is 1. The van der Waals surface area contributed by atoms with E-state index < -0.39 is 0 Å². The minimum atomic E-state index is 0.0532. The zero-order valence-electron chi connectivity index (χ0n) is 10.3. The molecule has 0 amide bonds. The molecule has 0 spiro atoms. The van der Waals surface area contributed by atoms with Crippen LogP contribution in [0.5, 0.6) is 0 Å². The molecule has 0 saturated carbocycles. The molecule has 0 unspecified atom stereocenters. The second kappa shape index (κ2) is 6.45. The highest BCUT2D eigenvalue weighted by atomic mass is 16.3. The number of pyridine rings is 1. The second-order valence-electron chi connectivity index (χ2n) is 4.26. The molecular weight excluding hydrogens is 202 g/mol. The van der Waals surface area contributed by atoms with Crippen LogP contribution in [-0.2, 0) is 6.61 Å². The van der Waals surface area contributed by atoms with Crippen molar-refractivity contribution in [2.45, 2.75) is 13.0 Å². The predicted octanol–water partition coefficient (Wildman–Crippen LogP) is 0.962. The van der Waals surface area contributed by atoms with E-state index in [0.29, 0.717) is 0 Å². The highest BCUT2D eigenvalue weighted by molar-refractivity contribution is 5.37. The lowest BCUT2D eigenvalue weighted by Crippen LogP contribution is -2.23. The summed E-state index contributed by atoms with van der Waals surface area (Å²) in [5.41, 5.74) is 0.852. The Balaban J connectivity index is 2.43. The molecule has 0 aliphatic rings. The van der Waals surface area contributed by atoms with E-state index >= 15 is 0 Å². The van der Waals surface area contributed by atoms with Crippen molar-refractivity contribution in [3.63, 3.8) is 0 Å². The Morgan fingerprint density at radius 3 is 2.44 bits per heavy atom. The first-order valence-electron chi connectivity index (χ1n) is 5.55. The van der Waals surface area contributed by atoms with E-state index in [1.165, 1.54) is 0 Å². The minimum Gasteiger partial charge on any atom is -0.392 e. The van der Waals surface area contributed by atoms with E-state index in [1.54, 1.807) is 6.20 Å². The van der Waals surface area contributed by atoms with Gasteiger partial charge < -0.3 is 14.9 Å². The summed E-state index contributed by atoms with van der Waals surface area (Å²) in [5, 5.41) is 8.91. The van der Waals surface area contributed by atoms with Gasteiger partial charge in [-0.2, -0.15) is 0 Å². The van der Waals surface area contributed by atoms with Gasteiger partial charge in [0.25, 0.3) is 0 Å². The average molecular weight is 223 g/mol. The van der Waals surface area contributed by atoms with E-state index in [4.69, 9.17) is 5.11 Å². The van der Waals surface area contributed by atoms with E-state index in [9.17, 15) is 0 Å². The van der Waals surface area contributed by atoms with Gasteiger partial charge in [-0.1, -0.05) is 6.07 Å². The Morgan fingerprint density at radius 1 is 1.19 bits per heavy atom. The maximum atomic E-state index is 8.91. The molecule has 16 heavy (non-hydrogen) atoms. The normalized spacial score (nSPS) is 10.8. The van der Waals surface area contributed by atoms with Crippen LogP contribution in [0, 0.1) is 0 Å². The van der Waals surface area contributed by atoms with Gasteiger partial charge in [-0.3, -0.25) is 0 Å². The van der Waals surface area contributed by atoms with Crippen LogP contribution in [0.25, 0.3) is 0 Å². The maximum Gasteiger partial charge on any atom is 0.128 e. The summed E-state index contributed by atoms with van der Waals surface area (Å²) < 4.78 is 0. The van der Waals surface area contributed by atoms with Gasteiger partial charge in [0.1, 0.15) is 5.82 Å². The minimum absolute atomic E-state index is 0.0532. The molecule has 1 aromatic heterocycles. The zero-order chi connectivity index (χ0) is 12.0. The highest BCUT2D eigenvalue weighted by Crippen LogP contribution is 2.09. The molecule has 0 aromatic carbocycles. The smallest absolute Gasteiger partial charge is 0.128 e. The fraction of sp³-hybridized carbons (Fsp3) is 0.583. The fourth-order valence-corrected chi connectivity index (χ4v) is 1.47. The molecule has 0 bridgehead atoms. The van der Waals surface area contributed by atoms with E-state index in [-0.39, 0.29) is 6.61 Å². The Morgan fingerprint density at radius 2 is 1.94 bits per heavy atom. The summed E-state index contributed by atoms with van der Waals surface area (Å²) in [6.07, 6.45) is 2.84. The largest absolute Gasteiger partial charge is 0.392 e. The van der Waals surface area contributed by atoms with E-state index in [1.807, 2.05) is 19.2 Å². The second-order valence-corrected chi connectivity index (χ2v) is 4.26. The van der Waals surface area contributed by atoms with Gasteiger partial charge >= 0.3 is 0 Å². The lowest BCUT2D eigenvalue weighted by atomic mass is 10.3. The summed E-state index contributed by atoms with van der Waals surface area (Å²) in [6.45, 7) is 2.13. The number of nitrogens with zero attached hydrogens (tertiary/aromatic N) is 3. The topological polar surface area (TPSA) is 39.6 Å². The number of aromatic nitrogens is 1. The van der Waals surface area contributed by atoms with Gasteiger partial charge in [0.05, 0.1) is 6.61 Å². The van der Waals surface area contributed by atoms with Gasteiger partial charge in [-0.25, -0.2) is 4.98 Å². The maximum absolute atomic E-state index is 8.91. The number of anilines is 1. The Bertz CT molecular complexity index is 298. The molecule has 0 atom stereocenters. The third-order valence-electron chi connectivity index (χ3n) is 2.48. The van der Waals surface area contributed by atoms with Gasteiger partial charge in [-0.05, 0) is 38.7 Å².